The molecule has 94 valence electrons. The van der Waals surface area contributed by atoms with Crippen LogP contribution >= 0.6 is 0 Å². The largest absolute Gasteiger partial charge is 0.342 e. The van der Waals surface area contributed by atoms with Crippen LogP contribution < -0.4 is 5.73 Å². The van der Waals surface area contributed by atoms with Crippen LogP contribution in [0.25, 0.3) is 0 Å². The van der Waals surface area contributed by atoms with E-state index in [4.69, 9.17) is 5.73 Å². The molecule has 1 aromatic carbocycles. The van der Waals surface area contributed by atoms with Crippen LogP contribution in [0.5, 0.6) is 0 Å². The maximum Gasteiger partial charge on any atom is 0.239 e. The Morgan fingerprint density at radius 1 is 1.35 bits per heavy atom. The van der Waals surface area contributed by atoms with Gasteiger partial charge in [0.15, 0.2) is 0 Å². The van der Waals surface area contributed by atoms with E-state index in [1.54, 1.807) is 4.90 Å². The molecule has 0 bridgehead atoms. The maximum atomic E-state index is 12.0. The lowest BCUT2D eigenvalue weighted by Crippen LogP contribution is -2.46. The Morgan fingerprint density at radius 2 is 1.94 bits per heavy atom. The smallest absolute Gasteiger partial charge is 0.239 e. The second-order valence-electron chi connectivity index (χ2n) is 4.50. The first-order chi connectivity index (χ1) is 8.06. The van der Waals surface area contributed by atoms with Gasteiger partial charge in [0, 0.05) is 13.1 Å². The van der Waals surface area contributed by atoms with Crippen molar-refractivity contribution < 1.29 is 4.79 Å². The van der Waals surface area contributed by atoms with Gasteiger partial charge in [0.05, 0.1) is 6.04 Å². The molecule has 1 aromatic rings. The minimum atomic E-state index is -0.448. The van der Waals surface area contributed by atoms with Gasteiger partial charge in [-0.3, -0.25) is 4.79 Å². The van der Waals surface area contributed by atoms with E-state index in [0.717, 1.165) is 12.0 Å². The van der Waals surface area contributed by atoms with Crippen LogP contribution in [-0.2, 0) is 11.2 Å². The third kappa shape index (κ3) is 3.86. The van der Waals surface area contributed by atoms with Crippen LogP contribution in [0.3, 0.4) is 0 Å². The van der Waals surface area contributed by atoms with E-state index in [1.165, 1.54) is 0 Å². The van der Waals surface area contributed by atoms with Crippen molar-refractivity contribution in [1.82, 2.24) is 4.90 Å². The van der Waals surface area contributed by atoms with Gasteiger partial charge in [-0.2, -0.15) is 0 Å². The lowest BCUT2D eigenvalue weighted by Gasteiger charge is -2.26. The number of carbonyl (C=O) groups is 1. The van der Waals surface area contributed by atoms with E-state index in [9.17, 15) is 4.79 Å². The van der Waals surface area contributed by atoms with Gasteiger partial charge in [-0.25, -0.2) is 0 Å². The zero-order valence-corrected chi connectivity index (χ0v) is 10.9. The molecular weight excluding hydrogens is 212 g/mol. The summed E-state index contributed by atoms with van der Waals surface area (Å²) in [5, 5.41) is 0. The van der Waals surface area contributed by atoms with Gasteiger partial charge in [0.2, 0.25) is 5.91 Å². The summed E-state index contributed by atoms with van der Waals surface area (Å²) in [5.74, 6) is 0.0169. The summed E-state index contributed by atoms with van der Waals surface area (Å²) < 4.78 is 0. The van der Waals surface area contributed by atoms with Crippen molar-refractivity contribution in [3.8, 4) is 0 Å². The van der Waals surface area contributed by atoms with E-state index in [2.05, 4.69) is 6.92 Å². The molecule has 0 radical (unpaired) electrons. The van der Waals surface area contributed by atoms with Crippen molar-refractivity contribution >= 4 is 5.91 Å². The number of benzene rings is 1. The molecule has 0 heterocycles. The molecule has 0 fully saturated rings. The molecule has 1 rings (SSSR count). The summed E-state index contributed by atoms with van der Waals surface area (Å²) in [6.45, 7) is 4.10. The minimum absolute atomic E-state index is 0.0169. The number of rotatable bonds is 5. The van der Waals surface area contributed by atoms with Crippen molar-refractivity contribution in [2.45, 2.75) is 38.8 Å². The molecule has 1 unspecified atom stereocenters. The third-order valence-corrected chi connectivity index (χ3v) is 3.22. The zero-order valence-electron chi connectivity index (χ0n) is 10.9. The minimum Gasteiger partial charge on any atom is -0.342 e. The second kappa shape index (κ2) is 6.40. The zero-order chi connectivity index (χ0) is 12.8. The van der Waals surface area contributed by atoms with E-state index < -0.39 is 6.04 Å². The molecule has 0 aromatic heterocycles. The van der Waals surface area contributed by atoms with Crippen molar-refractivity contribution in [1.29, 1.82) is 0 Å². The average molecular weight is 234 g/mol. The van der Waals surface area contributed by atoms with Crippen LogP contribution in [0.1, 0.15) is 25.8 Å². The van der Waals surface area contributed by atoms with Gasteiger partial charge < -0.3 is 10.6 Å². The molecule has 0 spiro atoms. The van der Waals surface area contributed by atoms with Crippen LogP contribution in [-0.4, -0.2) is 29.9 Å². The molecule has 0 aliphatic heterocycles. The number of hydrogen-bond donors (Lipinski definition) is 1. The fourth-order valence-electron chi connectivity index (χ4n) is 1.71. The predicted octanol–water partition coefficient (Wildman–Crippen LogP) is 1.81. The van der Waals surface area contributed by atoms with Crippen molar-refractivity contribution in [3.05, 3.63) is 35.9 Å². The highest BCUT2D eigenvalue weighted by molar-refractivity contribution is 5.82. The fourth-order valence-corrected chi connectivity index (χ4v) is 1.71. The van der Waals surface area contributed by atoms with Crippen LogP contribution in [0, 0.1) is 0 Å². The topological polar surface area (TPSA) is 46.3 Å². The Kier molecular flexibility index (Phi) is 5.16. The number of hydrogen-bond acceptors (Lipinski definition) is 2. The standard InChI is InChI=1S/C14H22N2O/c1-4-11(2)16(3)14(17)13(15)10-12-8-6-5-7-9-12/h5-9,11,13H,4,10,15H2,1-3H3/t11?,13-/m1/s1. The third-order valence-electron chi connectivity index (χ3n) is 3.22. The predicted molar refractivity (Wildman–Crippen MR) is 70.6 cm³/mol. The molecule has 2 N–H and O–H groups in total. The molecule has 1 amide bonds. The molecule has 0 aliphatic carbocycles. The van der Waals surface area contributed by atoms with Crippen LogP contribution in [0.4, 0.5) is 0 Å². The van der Waals surface area contributed by atoms with Crippen LogP contribution in [0.2, 0.25) is 0 Å². The Morgan fingerprint density at radius 3 is 2.47 bits per heavy atom. The SMILES string of the molecule is CCC(C)N(C)C(=O)[C@H](N)Cc1ccccc1. The normalized spacial score (nSPS) is 14.1. The summed E-state index contributed by atoms with van der Waals surface area (Å²) in [6.07, 6.45) is 1.54. The van der Waals surface area contributed by atoms with Gasteiger partial charge in [0.1, 0.15) is 0 Å². The van der Waals surface area contributed by atoms with Gasteiger partial charge in [0.25, 0.3) is 0 Å². The van der Waals surface area contributed by atoms with Crippen molar-refractivity contribution in [3.63, 3.8) is 0 Å². The molecule has 17 heavy (non-hydrogen) atoms. The summed E-state index contributed by atoms with van der Waals surface area (Å²) in [7, 11) is 1.82. The van der Waals surface area contributed by atoms with Gasteiger partial charge >= 0.3 is 0 Å². The average Bonchev–Trinajstić information content (AvgIpc) is 2.37. The molecule has 0 aliphatic rings. The monoisotopic (exact) mass is 234 g/mol. The Labute approximate surface area is 104 Å². The van der Waals surface area contributed by atoms with Gasteiger partial charge in [-0.05, 0) is 25.3 Å². The first-order valence-electron chi connectivity index (χ1n) is 6.12. The van der Waals surface area contributed by atoms with Crippen molar-refractivity contribution in [2.75, 3.05) is 7.05 Å². The Bertz CT molecular complexity index is 350. The molecule has 3 heteroatoms. The van der Waals surface area contributed by atoms with E-state index in [1.807, 2.05) is 44.3 Å². The highest BCUT2D eigenvalue weighted by Gasteiger charge is 2.21. The summed E-state index contributed by atoms with van der Waals surface area (Å²) in [5.41, 5.74) is 7.05. The lowest BCUT2D eigenvalue weighted by atomic mass is 10.0. The summed E-state index contributed by atoms with van der Waals surface area (Å²) in [4.78, 5) is 13.8. The highest BCUT2D eigenvalue weighted by Crippen LogP contribution is 2.07. The quantitative estimate of drug-likeness (QED) is 0.844. The van der Waals surface area contributed by atoms with Crippen LogP contribution in [0.15, 0.2) is 30.3 Å². The summed E-state index contributed by atoms with van der Waals surface area (Å²) >= 11 is 0. The Hall–Kier alpha value is -1.35. The number of likely N-dealkylation sites (N-methyl/N-ethyl adjacent to an activating group) is 1. The van der Waals surface area contributed by atoms with E-state index in [0.29, 0.717) is 6.42 Å². The maximum absolute atomic E-state index is 12.0. The second-order valence-corrected chi connectivity index (χ2v) is 4.50. The van der Waals surface area contributed by atoms with E-state index >= 15 is 0 Å². The molecule has 3 nitrogen and oxygen atoms in total. The molecule has 0 saturated heterocycles. The Balaban J connectivity index is 2.58. The molecular formula is C14H22N2O. The highest BCUT2D eigenvalue weighted by atomic mass is 16.2. The number of amides is 1. The number of nitrogens with zero attached hydrogens (tertiary/aromatic N) is 1. The molecule has 2 atom stereocenters. The summed E-state index contributed by atoms with van der Waals surface area (Å²) in [6, 6.07) is 9.67. The van der Waals surface area contributed by atoms with Gasteiger partial charge in [-0.1, -0.05) is 37.3 Å². The molecule has 0 saturated carbocycles. The number of carbonyl (C=O) groups excluding carboxylic acids is 1. The first kappa shape index (κ1) is 13.7. The van der Waals surface area contributed by atoms with Crippen molar-refractivity contribution in [2.24, 2.45) is 5.73 Å². The van der Waals surface area contributed by atoms with Gasteiger partial charge in [-0.15, -0.1) is 0 Å². The van der Waals surface area contributed by atoms with E-state index in [-0.39, 0.29) is 11.9 Å². The first-order valence-corrected chi connectivity index (χ1v) is 6.12. The lowest BCUT2D eigenvalue weighted by molar-refractivity contribution is -0.133. The number of nitrogens with two attached hydrogens (primary N) is 1. The fraction of sp³-hybridized carbons (Fsp3) is 0.500.